The summed E-state index contributed by atoms with van der Waals surface area (Å²) in [6.07, 6.45) is 0. The lowest BCUT2D eigenvalue weighted by molar-refractivity contribution is 0.660. The minimum absolute atomic E-state index is 0.0980. The van der Waals surface area contributed by atoms with E-state index in [4.69, 9.17) is 9.97 Å². The van der Waals surface area contributed by atoms with E-state index in [1.54, 1.807) is 0 Å². The molecule has 0 N–H and O–H groups in total. The highest BCUT2D eigenvalue weighted by Gasteiger charge is 2.35. The van der Waals surface area contributed by atoms with Gasteiger partial charge in [-0.2, -0.15) is 0 Å². The molecule has 3 heterocycles. The maximum Gasteiger partial charge on any atom is 0.235 e. The van der Waals surface area contributed by atoms with Crippen molar-refractivity contribution >= 4 is 64.2 Å². The van der Waals surface area contributed by atoms with E-state index in [9.17, 15) is 0 Å². The summed E-state index contributed by atoms with van der Waals surface area (Å²) in [6, 6.07) is 55.1. The zero-order chi connectivity index (χ0) is 33.8. The molecule has 0 unspecified atom stereocenters. The van der Waals surface area contributed by atoms with Gasteiger partial charge in [0.15, 0.2) is 0 Å². The number of hydrogen-bond acceptors (Lipinski definition) is 3. The molecule has 1 aliphatic rings. The SMILES string of the molecule is CC1(C)c2ccccc2-c2ccc(-c3nc(-n4c5ccccc5c5cc(-c6ccc7sc8ccccc8c7c6)ccc54)nc4ccccc34)cc21. The summed E-state index contributed by atoms with van der Waals surface area (Å²) in [5.74, 6) is 0.678. The van der Waals surface area contributed by atoms with Crippen LogP contribution in [-0.2, 0) is 5.41 Å². The van der Waals surface area contributed by atoms with Crippen molar-refractivity contribution in [3.05, 3.63) is 163 Å². The average Bonchev–Trinajstić information content (AvgIpc) is 3.79. The van der Waals surface area contributed by atoms with Gasteiger partial charge < -0.3 is 0 Å². The molecule has 3 aromatic heterocycles. The molecule has 0 atom stereocenters. The lowest BCUT2D eigenvalue weighted by atomic mass is 9.82. The lowest BCUT2D eigenvalue weighted by Crippen LogP contribution is -2.15. The minimum atomic E-state index is -0.0980. The molecule has 0 fully saturated rings. The van der Waals surface area contributed by atoms with Crippen LogP contribution in [-0.4, -0.2) is 14.5 Å². The molecule has 10 aromatic rings. The van der Waals surface area contributed by atoms with E-state index in [1.165, 1.54) is 64.3 Å². The van der Waals surface area contributed by atoms with Crippen LogP contribution in [0.1, 0.15) is 25.0 Å². The smallest absolute Gasteiger partial charge is 0.235 e. The van der Waals surface area contributed by atoms with Crippen LogP contribution in [0.4, 0.5) is 0 Å². The third kappa shape index (κ3) is 4.11. The molecule has 0 aliphatic heterocycles. The van der Waals surface area contributed by atoms with E-state index in [2.05, 4.69) is 170 Å². The molecule has 0 spiro atoms. The molecule has 240 valence electrons. The summed E-state index contributed by atoms with van der Waals surface area (Å²) in [5.41, 5.74) is 12.8. The Morgan fingerprint density at radius 3 is 2.02 bits per heavy atom. The van der Waals surface area contributed by atoms with Gasteiger partial charge in [0.1, 0.15) is 0 Å². The van der Waals surface area contributed by atoms with E-state index in [-0.39, 0.29) is 5.41 Å². The highest BCUT2D eigenvalue weighted by Crippen LogP contribution is 2.50. The van der Waals surface area contributed by atoms with Crippen molar-refractivity contribution in [2.45, 2.75) is 19.3 Å². The van der Waals surface area contributed by atoms with Gasteiger partial charge in [-0.1, -0.05) is 117 Å². The number of para-hydroxylation sites is 2. The number of thiophene rings is 1. The Kier molecular flexibility index (Phi) is 5.89. The van der Waals surface area contributed by atoms with Crippen molar-refractivity contribution < 1.29 is 0 Å². The zero-order valence-corrected chi connectivity index (χ0v) is 29.0. The van der Waals surface area contributed by atoms with Crippen LogP contribution >= 0.6 is 11.3 Å². The van der Waals surface area contributed by atoms with Gasteiger partial charge in [-0.25, -0.2) is 9.97 Å². The molecule has 0 saturated carbocycles. The Morgan fingerprint density at radius 1 is 0.471 bits per heavy atom. The Hall–Kier alpha value is -6.10. The van der Waals surface area contributed by atoms with Crippen LogP contribution in [0.2, 0.25) is 0 Å². The number of nitrogens with zero attached hydrogens (tertiary/aromatic N) is 3. The second-order valence-corrected chi connectivity index (χ2v) is 15.3. The third-order valence-electron chi connectivity index (χ3n) is 11.0. The zero-order valence-electron chi connectivity index (χ0n) is 28.2. The molecule has 0 saturated heterocycles. The topological polar surface area (TPSA) is 30.7 Å². The largest absolute Gasteiger partial charge is 0.278 e. The molecule has 3 nitrogen and oxygen atoms in total. The van der Waals surface area contributed by atoms with E-state index in [1.807, 2.05) is 11.3 Å². The number of fused-ring (bicyclic) bond motifs is 10. The first-order valence-corrected chi connectivity index (χ1v) is 18.3. The summed E-state index contributed by atoms with van der Waals surface area (Å²) in [6.45, 7) is 4.66. The minimum Gasteiger partial charge on any atom is -0.278 e. The number of benzene rings is 7. The summed E-state index contributed by atoms with van der Waals surface area (Å²) in [7, 11) is 0. The fourth-order valence-electron chi connectivity index (χ4n) is 8.51. The predicted molar refractivity (Wildman–Crippen MR) is 215 cm³/mol. The van der Waals surface area contributed by atoms with E-state index >= 15 is 0 Å². The Labute approximate surface area is 299 Å². The van der Waals surface area contributed by atoms with Crippen molar-refractivity contribution in [3.8, 4) is 39.5 Å². The fourth-order valence-corrected chi connectivity index (χ4v) is 9.60. The van der Waals surface area contributed by atoms with E-state index in [0.29, 0.717) is 5.95 Å². The first-order valence-electron chi connectivity index (χ1n) is 17.5. The van der Waals surface area contributed by atoms with Gasteiger partial charge >= 0.3 is 0 Å². The van der Waals surface area contributed by atoms with Crippen molar-refractivity contribution in [3.63, 3.8) is 0 Å². The van der Waals surface area contributed by atoms with Crippen molar-refractivity contribution in [2.75, 3.05) is 0 Å². The summed E-state index contributed by atoms with van der Waals surface area (Å²) < 4.78 is 4.89. The highest BCUT2D eigenvalue weighted by atomic mass is 32.1. The number of hydrogen-bond donors (Lipinski definition) is 0. The molecular weight excluding hydrogens is 639 g/mol. The number of aromatic nitrogens is 3. The van der Waals surface area contributed by atoms with Gasteiger partial charge in [-0.3, -0.25) is 4.57 Å². The molecule has 11 rings (SSSR count). The van der Waals surface area contributed by atoms with Gasteiger partial charge in [0.05, 0.1) is 22.2 Å². The quantitative estimate of drug-likeness (QED) is 0.187. The number of rotatable bonds is 3. The van der Waals surface area contributed by atoms with Gasteiger partial charge in [0.25, 0.3) is 0 Å². The standard InChI is InChI=1S/C47H31N3S/c1-47(2)38-15-7-3-11-31(38)32-22-19-30(27-39(32)47)45-35-14-4-8-16-40(35)48-46(49-45)50-41-17-9-5-12-33(41)36-25-28(20-23-42(36)50)29-21-24-44-37(26-29)34-13-6-10-18-43(34)51-44/h3-27H,1-2H3. The lowest BCUT2D eigenvalue weighted by Gasteiger charge is -2.22. The molecule has 0 radical (unpaired) electrons. The highest BCUT2D eigenvalue weighted by molar-refractivity contribution is 7.25. The maximum atomic E-state index is 5.43. The first kappa shape index (κ1) is 28.7. The second kappa shape index (κ2) is 10.5. The average molecular weight is 670 g/mol. The summed E-state index contributed by atoms with van der Waals surface area (Å²) in [5, 5.41) is 6.05. The van der Waals surface area contributed by atoms with Crippen LogP contribution in [0, 0.1) is 0 Å². The third-order valence-corrected chi connectivity index (χ3v) is 12.2. The molecule has 7 aromatic carbocycles. The molecular formula is C47H31N3S. The van der Waals surface area contributed by atoms with Crippen LogP contribution < -0.4 is 0 Å². The summed E-state index contributed by atoms with van der Waals surface area (Å²) >= 11 is 1.86. The van der Waals surface area contributed by atoms with Crippen LogP contribution in [0.5, 0.6) is 0 Å². The monoisotopic (exact) mass is 669 g/mol. The summed E-state index contributed by atoms with van der Waals surface area (Å²) in [4.78, 5) is 10.7. The Bertz CT molecular complexity index is 3070. The van der Waals surface area contributed by atoms with Gasteiger partial charge in [-0.05, 0) is 81.9 Å². The van der Waals surface area contributed by atoms with Crippen LogP contribution in [0.25, 0.3) is 92.3 Å². The van der Waals surface area contributed by atoms with Gasteiger partial charge in [0, 0.05) is 47.3 Å². The first-order chi connectivity index (χ1) is 25.0. The maximum absolute atomic E-state index is 5.43. The van der Waals surface area contributed by atoms with Gasteiger partial charge in [0.2, 0.25) is 5.95 Å². The normalized spacial score (nSPS) is 13.5. The second-order valence-electron chi connectivity index (χ2n) is 14.2. The fraction of sp³-hybridized carbons (Fsp3) is 0.0638. The van der Waals surface area contributed by atoms with Crippen molar-refractivity contribution in [1.82, 2.24) is 14.5 Å². The molecule has 51 heavy (non-hydrogen) atoms. The molecule has 4 heteroatoms. The van der Waals surface area contributed by atoms with Crippen LogP contribution in [0.3, 0.4) is 0 Å². The van der Waals surface area contributed by atoms with Crippen molar-refractivity contribution in [2.24, 2.45) is 0 Å². The van der Waals surface area contributed by atoms with E-state index in [0.717, 1.165) is 33.2 Å². The van der Waals surface area contributed by atoms with Gasteiger partial charge in [-0.15, -0.1) is 11.3 Å². The predicted octanol–water partition coefficient (Wildman–Crippen LogP) is 12.7. The van der Waals surface area contributed by atoms with E-state index < -0.39 is 0 Å². The van der Waals surface area contributed by atoms with Crippen molar-refractivity contribution in [1.29, 1.82) is 0 Å². The molecule has 0 bridgehead atoms. The molecule has 0 amide bonds. The Balaban J connectivity index is 1.11. The van der Waals surface area contributed by atoms with Crippen LogP contribution in [0.15, 0.2) is 152 Å². The Morgan fingerprint density at radius 2 is 1.12 bits per heavy atom. The molecule has 1 aliphatic carbocycles.